The van der Waals surface area contributed by atoms with Crippen molar-refractivity contribution in [3.05, 3.63) is 69.8 Å². The van der Waals surface area contributed by atoms with E-state index in [0.717, 1.165) is 32.6 Å². The molecule has 1 saturated heterocycles. The molecule has 0 N–H and O–H groups in total. The lowest BCUT2D eigenvalue weighted by molar-refractivity contribution is -0.203. The second-order valence-corrected chi connectivity index (χ2v) is 7.74. The average Bonchev–Trinajstić information content (AvgIpc) is 2.66. The summed E-state index contributed by atoms with van der Waals surface area (Å²) in [5, 5.41) is 4.16. The van der Waals surface area contributed by atoms with Crippen molar-refractivity contribution in [2.45, 2.75) is 47.2 Å². The standard InChI is InChI=1S/C23H32N2O2/c1-18-10-19(2)13-22(12-18)16-24-6-5-7-25(27-9-8-26-24)17-23-14-20(3)11-21(4)15-23/h10-15H,5-9,16-17H2,1-4H3. The molecule has 0 aliphatic carbocycles. The largest absolute Gasteiger partial charge is 0.296 e. The van der Waals surface area contributed by atoms with Gasteiger partial charge < -0.3 is 0 Å². The Morgan fingerprint density at radius 2 is 1.00 bits per heavy atom. The fraction of sp³-hybridized carbons (Fsp3) is 0.478. The van der Waals surface area contributed by atoms with Crippen LogP contribution in [0.4, 0.5) is 0 Å². The van der Waals surface area contributed by atoms with Crippen molar-refractivity contribution in [3.63, 3.8) is 0 Å². The van der Waals surface area contributed by atoms with E-state index in [1.54, 1.807) is 0 Å². The molecule has 4 nitrogen and oxygen atoms in total. The van der Waals surface area contributed by atoms with Crippen LogP contribution in [0.25, 0.3) is 0 Å². The van der Waals surface area contributed by atoms with Crippen molar-refractivity contribution in [3.8, 4) is 0 Å². The Hall–Kier alpha value is -1.72. The molecule has 0 aromatic heterocycles. The number of hydrogen-bond donors (Lipinski definition) is 0. The molecular weight excluding hydrogens is 336 g/mol. The number of rotatable bonds is 4. The first-order valence-electron chi connectivity index (χ1n) is 9.88. The second kappa shape index (κ2) is 9.47. The molecular formula is C23H32N2O2. The van der Waals surface area contributed by atoms with Crippen LogP contribution in [-0.4, -0.2) is 36.4 Å². The van der Waals surface area contributed by atoms with Crippen LogP contribution >= 0.6 is 0 Å². The van der Waals surface area contributed by atoms with Gasteiger partial charge in [0, 0.05) is 26.2 Å². The summed E-state index contributed by atoms with van der Waals surface area (Å²) >= 11 is 0. The van der Waals surface area contributed by atoms with E-state index in [9.17, 15) is 0 Å². The van der Waals surface area contributed by atoms with E-state index in [0.29, 0.717) is 13.2 Å². The minimum atomic E-state index is 0.578. The van der Waals surface area contributed by atoms with E-state index in [-0.39, 0.29) is 0 Å². The molecule has 1 aliphatic rings. The van der Waals surface area contributed by atoms with E-state index in [4.69, 9.17) is 9.68 Å². The highest BCUT2D eigenvalue weighted by atomic mass is 16.7. The van der Waals surface area contributed by atoms with Gasteiger partial charge in [-0.15, -0.1) is 0 Å². The molecule has 1 fully saturated rings. The highest BCUT2D eigenvalue weighted by Gasteiger charge is 2.14. The molecule has 3 rings (SSSR count). The SMILES string of the molecule is Cc1cc(C)cc(CN2CCCN(Cc3cc(C)cc(C)c3)OCCO2)c1. The van der Waals surface area contributed by atoms with Gasteiger partial charge in [-0.1, -0.05) is 58.7 Å². The highest BCUT2D eigenvalue weighted by Crippen LogP contribution is 2.15. The van der Waals surface area contributed by atoms with Crippen LogP contribution in [0.5, 0.6) is 0 Å². The summed E-state index contributed by atoms with van der Waals surface area (Å²) in [6.45, 7) is 13.2. The first-order chi connectivity index (χ1) is 13.0. The van der Waals surface area contributed by atoms with Gasteiger partial charge in [0.05, 0.1) is 13.2 Å². The van der Waals surface area contributed by atoms with Crippen molar-refractivity contribution >= 4 is 0 Å². The molecule has 0 bridgehead atoms. The van der Waals surface area contributed by atoms with Crippen LogP contribution in [0.3, 0.4) is 0 Å². The lowest BCUT2D eigenvalue weighted by Gasteiger charge is -2.22. The molecule has 1 heterocycles. The molecule has 4 heteroatoms. The minimum Gasteiger partial charge on any atom is -0.296 e. The third kappa shape index (κ3) is 6.43. The van der Waals surface area contributed by atoms with Crippen molar-refractivity contribution < 1.29 is 9.68 Å². The van der Waals surface area contributed by atoms with Gasteiger partial charge in [-0.25, -0.2) is 0 Å². The normalized spacial score (nSPS) is 17.3. The molecule has 2 aromatic carbocycles. The highest BCUT2D eigenvalue weighted by molar-refractivity contribution is 5.29. The van der Waals surface area contributed by atoms with Crippen molar-refractivity contribution in [1.82, 2.24) is 10.1 Å². The molecule has 0 amide bonds. The summed E-state index contributed by atoms with van der Waals surface area (Å²) in [6, 6.07) is 13.4. The van der Waals surface area contributed by atoms with E-state index in [1.807, 2.05) is 0 Å². The molecule has 0 unspecified atom stereocenters. The van der Waals surface area contributed by atoms with Gasteiger partial charge in [-0.3, -0.25) is 9.68 Å². The molecule has 0 radical (unpaired) electrons. The molecule has 2 aromatic rings. The van der Waals surface area contributed by atoms with Crippen molar-refractivity contribution in [2.75, 3.05) is 26.3 Å². The lowest BCUT2D eigenvalue weighted by atomic mass is 10.1. The Balaban J connectivity index is 1.56. The number of benzene rings is 2. The zero-order valence-corrected chi connectivity index (χ0v) is 17.1. The molecule has 0 atom stereocenters. The predicted octanol–water partition coefficient (Wildman–Crippen LogP) is 4.49. The molecule has 0 spiro atoms. The zero-order chi connectivity index (χ0) is 19.2. The van der Waals surface area contributed by atoms with Gasteiger partial charge in [0.15, 0.2) is 0 Å². The van der Waals surface area contributed by atoms with Gasteiger partial charge in [-0.05, 0) is 45.2 Å². The first-order valence-corrected chi connectivity index (χ1v) is 9.88. The number of nitrogens with zero attached hydrogens (tertiary/aromatic N) is 2. The third-order valence-corrected chi connectivity index (χ3v) is 4.73. The fourth-order valence-electron chi connectivity index (χ4n) is 3.86. The van der Waals surface area contributed by atoms with Crippen LogP contribution in [-0.2, 0) is 22.8 Å². The summed E-state index contributed by atoms with van der Waals surface area (Å²) in [5.41, 5.74) is 7.82. The van der Waals surface area contributed by atoms with Crippen molar-refractivity contribution in [1.29, 1.82) is 0 Å². The molecule has 1 aliphatic heterocycles. The Morgan fingerprint density at radius 3 is 1.37 bits per heavy atom. The van der Waals surface area contributed by atoms with E-state index in [1.165, 1.54) is 33.4 Å². The van der Waals surface area contributed by atoms with Gasteiger partial charge in [-0.2, -0.15) is 10.1 Å². The lowest BCUT2D eigenvalue weighted by Crippen LogP contribution is -2.27. The quantitative estimate of drug-likeness (QED) is 0.794. The molecule has 0 saturated carbocycles. The Morgan fingerprint density at radius 1 is 0.630 bits per heavy atom. The third-order valence-electron chi connectivity index (χ3n) is 4.73. The summed E-state index contributed by atoms with van der Waals surface area (Å²) < 4.78 is 0. The van der Waals surface area contributed by atoms with Crippen LogP contribution < -0.4 is 0 Å². The Bertz CT molecular complexity index is 656. The van der Waals surface area contributed by atoms with Crippen LogP contribution in [0.2, 0.25) is 0 Å². The smallest absolute Gasteiger partial charge is 0.0939 e. The Labute approximate surface area is 163 Å². The van der Waals surface area contributed by atoms with Gasteiger partial charge >= 0.3 is 0 Å². The maximum Gasteiger partial charge on any atom is 0.0939 e. The average molecular weight is 369 g/mol. The van der Waals surface area contributed by atoms with Gasteiger partial charge in [0.1, 0.15) is 0 Å². The summed E-state index contributed by atoms with van der Waals surface area (Å²) in [6.07, 6.45) is 1.01. The predicted molar refractivity (Wildman–Crippen MR) is 109 cm³/mol. The maximum atomic E-state index is 5.97. The van der Waals surface area contributed by atoms with Crippen LogP contribution in [0.1, 0.15) is 39.8 Å². The topological polar surface area (TPSA) is 24.9 Å². The first kappa shape index (κ1) is 20.0. The second-order valence-electron chi connectivity index (χ2n) is 7.74. The van der Waals surface area contributed by atoms with E-state index in [2.05, 4.69) is 74.2 Å². The van der Waals surface area contributed by atoms with E-state index < -0.39 is 0 Å². The van der Waals surface area contributed by atoms with Crippen LogP contribution in [0.15, 0.2) is 36.4 Å². The maximum absolute atomic E-state index is 5.97. The van der Waals surface area contributed by atoms with Crippen molar-refractivity contribution in [2.24, 2.45) is 0 Å². The van der Waals surface area contributed by atoms with Gasteiger partial charge in [0.25, 0.3) is 0 Å². The Kier molecular flexibility index (Phi) is 7.02. The summed E-state index contributed by atoms with van der Waals surface area (Å²) in [7, 11) is 0. The van der Waals surface area contributed by atoms with Gasteiger partial charge in [0.2, 0.25) is 0 Å². The zero-order valence-electron chi connectivity index (χ0n) is 17.1. The molecule has 27 heavy (non-hydrogen) atoms. The minimum absolute atomic E-state index is 0.578. The fourth-order valence-corrected chi connectivity index (χ4v) is 3.86. The number of hydrogen-bond acceptors (Lipinski definition) is 4. The van der Waals surface area contributed by atoms with E-state index >= 15 is 0 Å². The number of aryl methyl sites for hydroxylation is 4. The van der Waals surface area contributed by atoms with Crippen LogP contribution in [0, 0.1) is 27.7 Å². The molecule has 146 valence electrons. The summed E-state index contributed by atoms with van der Waals surface area (Å²) in [4.78, 5) is 11.9. The number of hydroxylamine groups is 4. The monoisotopic (exact) mass is 368 g/mol. The summed E-state index contributed by atoms with van der Waals surface area (Å²) in [5.74, 6) is 0.